The van der Waals surface area contributed by atoms with E-state index in [0.29, 0.717) is 25.0 Å². The number of hydrogen-bond donors (Lipinski definition) is 1. The van der Waals surface area contributed by atoms with Crippen molar-refractivity contribution in [3.8, 4) is 10.6 Å². The third-order valence-corrected chi connectivity index (χ3v) is 7.37. The molecule has 0 bridgehead atoms. The first-order chi connectivity index (χ1) is 17.5. The van der Waals surface area contributed by atoms with Crippen molar-refractivity contribution in [2.24, 2.45) is 0 Å². The maximum atomic E-state index is 13.8. The number of halogens is 7. The van der Waals surface area contributed by atoms with Gasteiger partial charge in [-0.05, 0) is 29.6 Å². The summed E-state index contributed by atoms with van der Waals surface area (Å²) >= 11 is 26.1. The lowest BCUT2D eigenvalue weighted by Crippen LogP contribution is -2.16. The molecule has 4 aromatic heterocycles. The maximum Gasteiger partial charge on any atom is 0.433 e. The van der Waals surface area contributed by atoms with Gasteiger partial charge in [0.2, 0.25) is 0 Å². The largest absolute Gasteiger partial charge is 0.433 e. The standard InChI is InChI=1S/C22H11Cl4F3N6OS/c23-11-3-1-4-12(24)10(11)8-34-9-13(25)19(33-34)31-21(36)18-17(26)20-30-14(15-5-2-6-37-15)7-16(22(27,28)29)35(20)32-18/h1-7,9H,8H2,(H,31,33,36). The zero-order chi connectivity index (χ0) is 26.5. The minimum absolute atomic E-state index is 0.0450. The van der Waals surface area contributed by atoms with Gasteiger partial charge in [-0.2, -0.15) is 23.4 Å². The Balaban J connectivity index is 1.49. The van der Waals surface area contributed by atoms with Crippen molar-refractivity contribution in [2.45, 2.75) is 12.7 Å². The fourth-order valence-corrected chi connectivity index (χ4v) is 5.11. The Kier molecular flexibility index (Phi) is 6.84. The summed E-state index contributed by atoms with van der Waals surface area (Å²) in [6, 6.07) is 9.16. The Bertz CT molecular complexity index is 1630. The Labute approximate surface area is 230 Å². The van der Waals surface area contributed by atoms with Crippen LogP contribution in [0.4, 0.5) is 19.0 Å². The number of nitrogens with zero attached hydrogens (tertiary/aromatic N) is 5. The Hall–Kier alpha value is -2.83. The van der Waals surface area contributed by atoms with E-state index < -0.39 is 23.5 Å². The SMILES string of the molecule is O=C(Nc1nn(Cc2c(Cl)cccc2Cl)cc1Cl)c1nn2c(C(F)(F)F)cc(-c3cccs3)nc2c1Cl. The highest BCUT2D eigenvalue weighted by molar-refractivity contribution is 7.13. The van der Waals surface area contributed by atoms with Gasteiger partial charge in [-0.25, -0.2) is 9.50 Å². The van der Waals surface area contributed by atoms with Crippen molar-refractivity contribution in [1.29, 1.82) is 0 Å². The van der Waals surface area contributed by atoms with Crippen molar-refractivity contribution in [1.82, 2.24) is 24.4 Å². The lowest BCUT2D eigenvalue weighted by atomic mass is 10.2. The number of nitrogens with one attached hydrogen (secondary N) is 1. The smallest absolute Gasteiger partial charge is 0.302 e. The van der Waals surface area contributed by atoms with Crippen LogP contribution in [0.2, 0.25) is 20.1 Å². The molecule has 7 nitrogen and oxygen atoms in total. The quantitative estimate of drug-likeness (QED) is 0.224. The van der Waals surface area contributed by atoms with Crippen molar-refractivity contribution >= 4 is 75.1 Å². The number of rotatable bonds is 5. The molecule has 0 saturated carbocycles. The highest BCUT2D eigenvalue weighted by atomic mass is 35.5. The number of hydrogen-bond acceptors (Lipinski definition) is 5. The second-order valence-electron chi connectivity index (χ2n) is 7.58. The lowest BCUT2D eigenvalue weighted by Gasteiger charge is -2.10. The van der Waals surface area contributed by atoms with Crippen LogP contribution in [0, 0.1) is 0 Å². The molecule has 0 fully saturated rings. The molecule has 1 aromatic carbocycles. The molecular formula is C22H11Cl4F3N6OS. The van der Waals surface area contributed by atoms with Gasteiger partial charge in [0.15, 0.2) is 22.9 Å². The zero-order valence-electron chi connectivity index (χ0n) is 18.0. The predicted octanol–water partition coefficient (Wildman–Crippen LogP) is 7.59. The zero-order valence-corrected chi connectivity index (χ0v) is 21.9. The molecule has 0 saturated heterocycles. The van der Waals surface area contributed by atoms with Gasteiger partial charge in [0, 0.05) is 21.8 Å². The molecule has 0 radical (unpaired) electrons. The van der Waals surface area contributed by atoms with E-state index in [9.17, 15) is 18.0 Å². The lowest BCUT2D eigenvalue weighted by molar-refractivity contribution is -0.142. The second-order valence-corrected chi connectivity index (χ2v) is 10.1. The van der Waals surface area contributed by atoms with E-state index in [1.807, 2.05) is 0 Å². The summed E-state index contributed by atoms with van der Waals surface area (Å²) < 4.78 is 43.4. The van der Waals surface area contributed by atoms with Gasteiger partial charge in [-0.1, -0.05) is 58.5 Å². The molecule has 5 rings (SSSR count). The fraction of sp³-hybridized carbons (Fsp3) is 0.0909. The topological polar surface area (TPSA) is 77.1 Å². The number of benzene rings is 1. The summed E-state index contributed by atoms with van der Waals surface area (Å²) in [6.45, 7) is 0.146. The van der Waals surface area contributed by atoms with Gasteiger partial charge in [0.25, 0.3) is 5.91 Å². The number of thiophene rings is 1. The average molecular weight is 606 g/mol. The van der Waals surface area contributed by atoms with Crippen LogP contribution >= 0.6 is 57.7 Å². The average Bonchev–Trinajstić information content (AvgIpc) is 3.56. The molecule has 1 N–H and O–H groups in total. The van der Waals surface area contributed by atoms with E-state index in [2.05, 4.69) is 20.5 Å². The third kappa shape index (κ3) is 5.01. The van der Waals surface area contributed by atoms with Gasteiger partial charge < -0.3 is 5.32 Å². The summed E-state index contributed by atoms with van der Waals surface area (Å²) in [5.41, 5.74) is -1.32. The van der Waals surface area contributed by atoms with Gasteiger partial charge >= 0.3 is 6.18 Å². The highest BCUT2D eigenvalue weighted by Gasteiger charge is 2.37. The van der Waals surface area contributed by atoms with Crippen LogP contribution in [-0.4, -0.2) is 30.3 Å². The Morgan fingerprint density at radius 2 is 1.76 bits per heavy atom. The Morgan fingerprint density at radius 3 is 2.41 bits per heavy atom. The van der Waals surface area contributed by atoms with Gasteiger partial charge in [0.1, 0.15) is 10.0 Å². The molecule has 190 valence electrons. The minimum Gasteiger partial charge on any atom is -0.302 e. The van der Waals surface area contributed by atoms with Crippen LogP contribution in [0.1, 0.15) is 21.7 Å². The summed E-state index contributed by atoms with van der Waals surface area (Å²) in [5, 5.41) is 12.7. The van der Waals surface area contributed by atoms with Crippen LogP contribution in [0.5, 0.6) is 0 Å². The summed E-state index contributed by atoms with van der Waals surface area (Å²) in [5.74, 6) is -0.990. The van der Waals surface area contributed by atoms with Crippen LogP contribution in [0.15, 0.2) is 48.0 Å². The predicted molar refractivity (Wildman–Crippen MR) is 137 cm³/mol. The van der Waals surface area contributed by atoms with Crippen molar-refractivity contribution in [3.05, 3.63) is 85.0 Å². The van der Waals surface area contributed by atoms with Gasteiger partial charge in [0.05, 0.1) is 17.1 Å². The molecule has 0 unspecified atom stereocenters. The van der Waals surface area contributed by atoms with Crippen molar-refractivity contribution in [3.63, 3.8) is 0 Å². The molecule has 4 heterocycles. The Morgan fingerprint density at radius 1 is 1.03 bits per heavy atom. The first-order valence-corrected chi connectivity index (χ1v) is 12.6. The number of carbonyl (C=O) groups is 1. The van der Waals surface area contributed by atoms with E-state index in [1.54, 1.807) is 35.7 Å². The monoisotopic (exact) mass is 604 g/mol. The van der Waals surface area contributed by atoms with E-state index in [1.165, 1.54) is 22.2 Å². The first-order valence-electron chi connectivity index (χ1n) is 10.2. The molecule has 0 atom stereocenters. The van der Waals surface area contributed by atoms with Crippen molar-refractivity contribution in [2.75, 3.05) is 5.32 Å². The maximum absolute atomic E-state index is 13.8. The van der Waals surface area contributed by atoms with Gasteiger partial charge in [-0.3, -0.25) is 9.48 Å². The summed E-state index contributed by atoms with van der Waals surface area (Å²) in [7, 11) is 0. The number of fused-ring (bicyclic) bond motifs is 1. The van der Waals surface area contributed by atoms with Crippen LogP contribution in [0.3, 0.4) is 0 Å². The molecule has 5 aromatic rings. The third-order valence-electron chi connectivity index (χ3n) is 5.14. The molecule has 15 heteroatoms. The second kappa shape index (κ2) is 9.80. The van der Waals surface area contributed by atoms with Crippen molar-refractivity contribution < 1.29 is 18.0 Å². The molecule has 0 aliphatic heterocycles. The molecule has 37 heavy (non-hydrogen) atoms. The van der Waals surface area contributed by atoms with E-state index in [0.717, 1.165) is 6.07 Å². The molecule has 0 aliphatic rings. The molecule has 0 spiro atoms. The number of alkyl halides is 3. The first kappa shape index (κ1) is 25.8. The number of amides is 1. The van der Waals surface area contributed by atoms with Crippen LogP contribution < -0.4 is 5.32 Å². The molecule has 0 aliphatic carbocycles. The van der Waals surface area contributed by atoms with E-state index in [4.69, 9.17) is 46.4 Å². The van der Waals surface area contributed by atoms with Crippen LogP contribution in [-0.2, 0) is 12.7 Å². The number of anilines is 1. The summed E-state index contributed by atoms with van der Waals surface area (Å²) in [4.78, 5) is 17.7. The van der Waals surface area contributed by atoms with E-state index >= 15 is 0 Å². The molecular weight excluding hydrogens is 595 g/mol. The normalized spacial score (nSPS) is 11.9. The fourth-order valence-electron chi connectivity index (χ4n) is 3.46. The number of aromatic nitrogens is 5. The van der Waals surface area contributed by atoms with Gasteiger partial charge in [-0.15, -0.1) is 11.3 Å². The summed E-state index contributed by atoms with van der Waals surface area (Å²) in [6.07, 6.45) is -3.36. The van der Waals surface area contributed by atoms with E-state index in [-0.39, 0.29) is 33.7 Å². The minimum atomic E-state index is -4.79. The molecule has 1 amide bonds. The number of carbonyl (C=O) groups excluding carboxylic acids is 1. The highest BCUT2D eigenvalue weighted by Crippen LogP contribution is 2.36. The van der Waals surface area contributed by atoms with Crippen LogP contribution in [0.25, 0.3) is 16.2 Å².